The maximum Gasteiger partial charge on any atom is 0.0799 e. The summed E-state index contributed by atoms with van der Waals surface area (Å²) in [7, 11) is -1.40. The van der Waals surface area contributed by atoms with Crippen LogP contribution < -0.4 is 5.19 Å². The third-order valence-corrected chi connectivity index (χ3v) is 10.2. The summed E-state index contributed by atoms with van der Waals surface area (Å²) in [5.74, 6) is 0.440. The second-order valence-corrected chi connectivity index (χ2v) is 18.0. The molecule has 6 rings (SSSR count). The molecule has 0 aliphatic carbocycles. The van der Waals surface area contributed by atoms with E-state index in [1.807, 2.05) is 42.5 Å². The van der Waals surface area contributed by atoms with Gasteiger partial charge in [-0.2, -0.15) is 0 Å². The molecule has 0 spiro atoms. The Balaban J connectivity index is 0.000000211. The molecule has 6 aromatic rings. The van der Waals surface area contributed by atoms with E-state index in [1.165, 1.54) is 33.5 Å². The summed E-state index contributed by atoms with van der Waals surface area (Å²) in [5, 5.41) is 1.46. The summed E-state index contributed by atoms with van der Waals surface area (Å²) in [5.41, 5.74) is 9.32. The van der Waals surface area contributed by atoms with Gasteiger partial charge < -0.3 is 9.97 Å². The van der Waals surface area contributed by atoms with Gasteiger partial charge in [-0.05, 0) is 45.2 Å². The Labute approximate surface area is 294 Å². The van der Waals surface area contributed by atoms with Crippen LogP contribution in [0.3, 0.4) is 0 Å². The second-order valence-electron chi connectivity index (χ2n) is 12.9. The van der Waals surface area contributed by atoms with Crippen LogP contribution in [0.2, 0.25) is 19.6 Å². The number of pyridine rings is 2. The Morgan fingerprint density at radius 1 is 0.660 bits per heavy atom. The SMILES string of the molecule is CC(C)c1cc(-c2[c-]ccc(-c3ccccc3)c2)ncc1[Si](C)(C)C.CC(c1ccccc1)c1ccnc(-c2[c-]cccc2F)c1.[Ir]. The summed E-state index contributed by atoms with van der Waals surface area (Å²) in [6.45, 7) is 13.8. The molecule has 0 fully saturated rings. The zero-order valence-electron chi connectivity index (χ0n) is 27.9. The van der Waals surface area contributed by atoms with Crippen molar-refractivity contribution >= 4 is 13.3 Å². The zero-order valence-corrected chi connectivity index (χ0v) is 31.3. The van der Waals surface area contributed by atoms with E-state index in [0.717, 1.165) is 16.8 Å². The van der Waals surface area contributed by atoms with Crippen LogP contribution in [0.15, 0.2) is 128 Å². The van der Waals surface area contributed by atoms with Crippen LogP contribution in [-0.4, -0.2) is 18.0 Å². The minimum atomic E-state index is -1.40. The van der Waals surface area contributed by atoms with Gasteiger partial charge in [-0.15, -0.1) is 59.7 Å². The van der Waals surface area contributed by atoms with Crippen molar-refractivity contribution in [1.29, 1.82) is 0 Å². The minimum absolute atomic E-state index is 0. The average Bonchev–Trinajstić information content (AvgIpc) is 3.08. The van der Waals surface area contributed by atoms with Gasteiger partial charge in [0.05, 0.1) is 8.07 Å². The maximum atomic E-state index is 13.9. The van der Waals surface area contributed by atoms with Crippen molar-refractivity contribution in [2.75, 3.05) is 0 Å². The molecular weight excluding hydrogens is 772 g/mol. The first kappa shape index (κ1) is 35.8. The molecule has 5 heteroatoms. The summed E-state index contributed by atoms with van der Waals surface area (Å²) in [6.07, 6.45) is 3.84. The van der Waals surface area contributed by atoms with Crippen LogP contribution in [0.5, 0.6) is 0 Å². The number of hydrogen-bond acceptors (Lipinski definition) is 2. The fraction of sp³-hybridized carbons (Fsp3) is 0.190. The molecule has 0 N–H and O–H groups in total. The van der Waals surface area contributed by atoms with Crippen molar-refractivity contribution in [1.82, 2.24) is 9.97 Å². The van der Waals surface area contributed by atoms with Gasteiger partial charge in [-0.1, -0.05) is 124 Å². The Hall–Kier alpha value is -4.02. The van der Waals surface area contributed by atoms with Crippen LogP contribution in [-0.2, 0) is 20.1 Å². The van der Waals surface area contributed by atoms with E-state index in [2.05, 4.69) is 118 Å². The molecule has 241 valence electrons. The standard InChI is InChI=1S/C23H26NSi.C19H15FN.Ir/c1-17(2)21-15-22(24-16-23(21)25(3,4)5)20-13-9-12-19(14-20)18-10-7-6-8-11-18;1-14(15-7-3-2-4-8-15)16-11-12-21-19(13-16)17-9-5-6-10-18(17)20;/h6-12,14-17H,1-5H3;2-8,10-14H,1H3;/q2*-1;. The quantitative estimate of drug-likeness (QED) is 0.119. The number of hydrogen-bond donors (Lipinski definition) is 0. The normalized spacial score (nSPS) is 11.7. The summed E-state index contributed by atoms with van der Waals surface area (Å²) < 4.78 is 13.9. The molecule has 0 aliphatic heterocycles. The number of rotatable bonds is 7. The fourth-order valence-corrected chi connectivity index (χ4v) is 7.23. The van der Waals surface area contributed by atoms with Crippen molar-refractivity contribution in [2.24, 2.45) is 0 Å². The number of nitrogens with zero attached hydrogens (tertiary/aromatic N) is 2. The molecule has 0 aliphatic rings. The van der Waals surface area contributed by atoms with E-state index in [-0.39, 0.29) is 31.8 Å². The summed E-state index contributed by atoms with van der Waals surface area (Å²) >= 11 is 0. The zero-order chi connectivity index (χ0) is 32.7. The molecule has 0 saturated carbocycles. The van der Waals surface area contributed by atoms with Crippen LogP contribution in [0.1, 0.15) is 49.3 Å². The van der Waals surface area contributed by atoms with E-state index < -0.39 is 8.07 Å². The predicted octanol–water partition coefficient (Wildman–Crippen LogP) is 10.7. The number of benzene rings is 4. The molecule has 0 bridgehead atoms. The van der Waals surface area contributed by atoms with E-state index in [1.54, 1.807) is 18.3 Å². The third kappa shape index (κ3) is 9.08. The van der Waals surface area contributed by atoms with Crippen LogP contribution in [0.25, 0.3) is 33.6 Å². The Bertz CT molecular complexity index is 1890. The van der Waals surface area contributed by atoms with Crippen molar-refractivity contribution in [3.63, 3.8) is 0 Å². The van der Waals surface area contributed by atoms with Gasteiger partial charge in [0.25, 0.3) is 0 Å². The van der Waals surface area contributed by atoms with Gasteiger partial charge in [-0.25, -0.2) is 0 Å². The molecule has 1 unspecified atom stereocenters. The van der Waals surface area contributed by atoms with Gasteiger partial charge >= 0.3 is 0 Å². The predicted molar refractivity (Wildman–Crippen MR) is 193 cm³/mol. The second kappa shape index (κ2) is 16.2. The molecule has 1 atom stereocenters. The van der Waals surface area contributed by atoms with Crippen LogP contribution in [0, 0.1) is 17.9 Å². The summed E-state index contributed by atoms with van der Waals surface area (Å²) in [4.78, 5) is 9.07. The Kier molecular flexibility index (Phi) is 12.3. The largest absolute Gasteiger partial charge is 0.305 e. The van der Waals surface area contributed by atoms with Crippen molar-refractivity contribution in [3.05, 3.63) is 162 Å². The average molecular weight is 813 g/mol. The van der Waals surface area contributed by atoms with E-state index in [9.17, 15) is 4.39 Å². The minimum Gasteiger partial charge on any atom is -0.305 e. The third-order valence-electron chi connectivity index (χ3n) is 8.20. The number of halogens is 1. The van der Waals surface area contributed by atoms with Crippen LogP contribution in [0.4, 0.5) is 4.39 Å². The van der Waals surface area contributed by atoms with Crippen LogP contribution >= 0.6 is 0 Å². The molecule has 0 amide bonds. The molecule has 1 radical (unpaired) electrons. The Morgan fingerprint density at radius 3 is 2.02 bits per heavy atom. The molecule has 2 heterocycles. The van der Waals surface area contributed by atoms with Gasteiger partial charge in [-0.3, -0.25) is 4.39 Å². The maximum absolute atomic E-state index is 13.9. The topological polar surface area (TPSA) is 25.8 Å². The van der Waals surface area contributed by atoms with Crippen molar-refractivity contribution in [2.45, 2.75) is 52.2 Å². The van der Waals surface area contributed by atoms with E-state index >= 15 is 0 Å². The van der Waals surface area contributed by atoms with Gasteiger partial charge in [0.2, 0.25) is 0 Å². The van der Waals surface area contributed by atoms with Gasteiger partial charge in [0.1, 0.15) is 0 Å². The first-order valence-electron chi connectivity index (χ1n) is 15.9. The fourth-order valence-electron chi connectivity index (χ4n) is 5.55. The molecular formula is C42H41FIrN2Si-2. The molecule has 0 saturated heterocycles. The van der Waals surface area contributed by atoms with Gasteiger partial charge in [0.15, 0.2) is 0 Å². The Morgan fingerprint density at radius 2 is 1.36 bits per heavy atom. The molecule has 2 nitrogen and oxygen atoms in total. The monoisotopic (exact) mass is 813 g/mol. The smallest absolute Gasteiger partial charge is 0.0799 e. The van der Waals surface area contributed by atoms with E-state index in [0.29, 0.717) is 17.2 Å². The van der Waals surface area contributed by atoms with Gasteiger partial charge in [0, 0.05) is 44.2 Å². The molecule has 47 heavy (non-hydrogen) atoms. The first-order chi connectivity index (χ1) is 22.1. The molecule has 2 aromatic heterocycles. The first-order valence-corrected chi connectivity index (χ1v) is 19.4. The summed E-state index contributed by atoms with van der Waals surface area (Å²) in [6, 6.07) is 44.3. The van der Waals surface area contributed by atoms with E-state index in [4.69, 9.17) is 4.98 Å². The van der Waals surface area contributed by atoms with Crippen molar-refractivity contribution < 1.29 is 24.5 Å². The van der Waals surface area contributed by atoms with Crippen molar-refractivity contribution in [3.8, 4) is 33.6 Å². The molecule has 4 aromatic carbocycles. The number of aromatic nitrogens is 2.